The van der Waals surface area contributed by atoms with Crippen molar-refractivity contribution in [1.29, 1.82) is 0 Å². The summed E-state index contributed by atoms with van der Waals surface area (Å²) >= 11 is 0. The van der Waals surface area contributed by atoms with Gasteiger partial charge in [0.2, 0.25) is 0 Å². The number of rotatable bonds is 6. The summed E-state index contributed by atoms with van der Waals surface area (Å²) in [6, 6.07) is 8.14. The summed E-state index contributed by atoms with van der Waals surface area (Å²) in [7, 11) is 0. The molecule has 1 atom stereocenters. The minimum atomic E-state index is -0.0137. The fourth-order valence-corrected chi connectivity index (χ4v) is 3.30. The number of nitrogens with one attached hydrogen (secondary N) is 1. The summed E-state index contributed by atoms with van der Waals surface area (Å²) in [6.45, 7) is 3.23. The molecule has 25 heavy (non-hydrogen) atoms. The highest BCUT2D eigenvalue weighted by atomic mass is 16.5. The summed E-state index contributed by atoms with van der Waals surface area (Å²) in [5.41, 5.74) is 2.00. The third-order valence-corrected chi connectivity index (χ3v) is 4.73. The van der Waals surface area contributed by atoms with Crippen molar-refractivity contribution in [3.63, 3.8) is 0 Å². The zero-order valence-electron chi connectivity index (χ0n) is 14.8. The first kappa shape index (κ1) is 17.5. The number of carbonyl (C=O) groups is 1. The first-order chi connectivity index (χ1) is 12.3. The van der Waals surface area contributed by atoms with Crippen LogP contribution in [0.25, 0.3) is 0 Å². The molecule has 3 rings (SSSR count). The Labute approximate surface area is 148 Å². The molecule has 1 fully saturated rings. The molecular formula is C19H26N4O2. The Hall–Kier alpha value is -2.37. The minimum absolute atomic E-state index is 0.0137. The lowest BCUT2D eigenvalue weighted by molar-refractivity contribution is 0.145. The second-order valence-electron chi connectivity index (χ2n) is 6.50. The zero-order chi connectivity index (χ0) is 17.5. The molecule has 2 aromatic rings. The maximum absolute atomic E-state index is 12.6. The zero-order valence-corrected chi connectivity index (χ0v) is 14.8. The van der Waals surface area contributed by atoms with Crippen LogP contribution in [0.5, 0.6) is 0 Å². The molecule has 2 amide bonds. The lowest BCUT2D eigenvalue weighted by atomic mass is 9.97. The van der Waals surface area contributed by atoms with Gasteiger partial charge in [-0.25, -0.2) is 4.79 Å². The number of amides is 2. The van der Waals surface area contributed by atoms with Crippen LogP contribution in [0.1, 0.15) is 49.8 Å². The van der Waals surface area contributed by atoms with Crippen LogP contribution < -0.4 is 5.32 Å². The maximum Gasteiger partial charge on any atom is 0.318 e. The monoisotopic (exact) mass is 342 g/mol. The molecule has 1 aliphatic heterocycles. The van der Waals surface area contributed by atoms with Crippen LogP contribution in [0.2, 0.25) is 0 Å². The van der Waals surface area contributed by atoms with Crippen molar-refractivity contribution < 1.29 is 9.32 Å². The van der Waals surface area contributed by atoms with Crippen molar-refractivity contribution >= 4 is 6.03 Å². The summed E-state index contributed by atoms with van der Waals surface area (Å²) in [5, 5.41) is 6.93. The number of pyridine rings is 1. The Morgan fingerprint density at radius 1 is 1.36 bits per heavy atom. The Morgan fingerprint density at radius 3 is 3.04 bits per heavy atom. The number of likely N-dealkylation sites (tertiary alicyclic amines) is 1. The van der Waals surface area contributed by atoms with E-state index < -0.39 is 0 Å². The standard InChI is InChI=1S/C19H26N4O2/c1-2-15-13-18(25-22-15)14-21-19(24)23-12-6-4-8-17(23)10-9-16-7-3-5-11-20-16/h3,5,7,11,13,17H,2,4,6,8-10,12,14H2,1H3,(H,21,24)/t17-/m1/s1. The van der Waals surface area contributed by atoms with E-state index in [0.29, 0.717) is 12.3 Å². The van der Waals surface area contributed by atoms with Gasteiger partial charge in [0, 0.05) is 30.5 Å². The predicted octanol–water partition coefficient (Wildman–Crippen LogP) is 3.33. The minimum Gasteiger partial charge on any atom is -0.359 e. The van der Waals surface area contributed by atoms with Gasteiger partial charge < -0.3 is 14.7 Å². The van der Waals surface area contributed by atoms with Crippen molar-refractivity contribution in [3.05, 3.63) is 47.6 Å². The van der Waals surface area contributed by atoms with Gasteiger partial charge in [-0.15, -0.1) is 0 Å². The molecule has 0 aliphatic carbocycles. The molecule has 0 saturated carbocycles. The van der Waals surface area contributed by atoms with Crippen molar-refractivity contribution in [2.75, 3.05) is 6.54 Å². The lowest BCUT2D eigenvalue weighted by Gasteiger charge is -2.35. The van der Waals surface area contributed by atoms with Crippen LogP contribution >= 0.6 is 0 Å². The average molecular weight is 342 g/mol. The number of urea groups is 1. The van der Waals surface area contributed by atoms with Crippen LogP contribution in [0.4, 0.5) is 4.79 Å². The molecule has 0 unspecified atom stereocenters. The molecule has 0 bridgehead atoms. The Morgan fingerprint density at radius 2 is 2.28 bits per heavy atom. The van der Waals surface area contributed by atoms with Gasteiger partial charge in [-0.3, -0.25) is 4.98 Å². The third kappa shape index (κ3) is 4.81. The maximum atomic E-state index is 12.6. The molecule has 0 spiro atoms. The Bertz CT molecular complexity index is 671. The smallest absolute Gasteiger partial charge is 0.318 e. The highest BCUT2D eigenvalue weighted by molar-refractivity contribution is 5.74. The Kier molecular flexibility index (Phi) is 6.04. The van der Waals surface area contributed by atoms with Gasteiger partial charge >= 0.3 is 6.03 Å². The van der Waals surface area contributed by atoms with Crippen molar-refractivity contribution in [2.24, 2.45) is 0 Å². The summed E-state index contributed by atoms with van der Waals surface area (Å²) in [6.07, 6.45) is 7.81. The summed E-state index contributed by atoms with van der Waals surface area (Å²) < 4.78 is 5.23. The fraction of sp³-hybridized carbons (Fsp3) is 0.526. The quantitative estimate of drug-likeness (QED) is 0.874. The van der Waals surface area contributed by atoms with Crippen molar-refractivity contribution in [3.8, 4) is 0 Å². The van der Waals surface area contributed by atoms with E-state index in [-0.39, 0.29) is 12.1 Å². The molecular weight excluding hydrogens is 316 g/mol. The highest BCUT2D eigenvalue weighted by Gasteiger charge is 2.26. The van der Waals surface area contributed by atoms with Crippen LogP contribution in [0.15, 0.2) is 35.0 Å². The number of hydrogen-bond donors (Lipinski definition) is 1. The van der Waals surface area contributed by atoms with Gasteiger partial charge in [-0.2, -0.15) is 0 Å². The van der Waals surface area contributed by atoms with Crippen LogP contribution in [0.3, 0.4) is 0 Å². The van der Waals surface area contributed by atoms with Crippen molar-refractivity contribution in [2.45, 2.75) is 58.0 Å². The number of aryl methyl sites for hydroxylation is 2. The number of carbonyl (C=O) groups excluding carboxylic acids is 1. The van der Waals surface area contributed by atoms with E-state index >= 15 is 0 Å². The SMILES string of the molecule is CCc1cc(CNC(=O)N2CCCC[C@@H]2CCc2ccccn2)on1. The molecule has 6 heteroatoms. The molecule has 3 heterocycles. The van der Waals surface area contributed by atoms with E-state index in [2.05, 4.69) is 15.5 Å². The molecule has 2 aromatic heterocycles. The van der Waals surface area contributed by atoms with Crippen LogP contribution in [0, 0.1) is 0 Å². The molecule has 6 nitrogen and oxygen atoms in total. The van der Waals surface area contributed by atoms with Crippen LogP contribution in [-0.4, -0.2) is 33.7 Å². The van der Waals surface area contributed by atoms with E-state index in [0.717, 1.165) is 50.0 Å². The van der Waals surface area contributed by atoms with E-state index in [1.807, 2.05) is 42.3 Å². The highest BCUT2D eigenvalue weighted by Crippen LogP contribution is 2.21. The second-order valence-corrected chi connectivity index (χ2v) is 6.50. The van der Waals surface area contributed by atoms with E-state index in [1.165, 1.54) is 6.42 Å². The summed E-state index contributed by atoms with van der Waals surface area (Å²) in [5.74, 6) is 0.701. The lowest BCUT2D eigenvalue weighted by Crippen LogP contribution is -2.48. The molecule has 1 saturated heterocycles. The summed E-state index contributed by atoms with van der Waals surface area (Å²) in [4.78, 5) is 19.0. The normalized spacial score (nSPS) is 17.5. The number of hydrogen-bond acceptors (Lipinski definition) is 4. The predicted molar refractivity (Wildman–Crippen MR) is 95.0 cm³/mol. The first-order valence-corrected chi connectivity index (χ1v) is 9.15. The Balaban J connectivity index is 1.53. The molecule has 1 N–H and O–H groups in total. The van der Waals surface area contributed by atoms with E-state index in [1.54, 1.807) is 0 Å². The molecule has 1 aliphatic rings. The number of nitrogens with zero attached hydrogens (tertiary/aromatic N) is 3. The fourth-order valence-electron chi connectivity index (χ4n) is 3.30. The molecule has 0 radical (unpaired) electrons. The molecule has 134 valence electrons. The van der Waals surface area contributed by atoms with Gasteiger partial charge in [-0.05, 0) is 50.7 Å². The second kappa shape index (κ2) is 8.65. The van der Waals surface area contributed by atoms with E-state index in [9.17, 15) is 4.79 Å². The molecule has 0 aromatic carbocycles. The van der Waals surface area contributed by atoms with Gasteiger partial charge in [0.15, 0.2) is 5.76 Å². The largest absolute Gasteiger partial charge is 0.359 e. The first-order valence-electron chi connectivity index (χ1n) is 9.15. The van der Waals surface area contributed by atoms with Gasteiger partial charge in [0.1, 0.15) is 0 Å². The van der Waals surface area contributed by atoms with E-state index in [4.69, 9.17) is 4.52 Å². The van der Waals surface area contributed by atoms with Crippen molar-refractivity contribution in [1.82, 2.24) is 20.4 Å². The van der Waals surface area contributed by atoms with Gasteiger partial charge in [-0.1, -0.05) is 18.1 Å². The number of piperidine rings is 1. The topological polar surface area (TPSA) is 71.3 Å². The number of aromatic nitrogens is 2. The third-order valence-electron chi connectivity index (χ3n) is 4.73. The average Bonchev–Trinajstić information content (AvgIpc) is 3.14. The van der Waals surface area contributed by atoms with Gasteiger partial charge in [0.05, 0.1) is 12.2 Å². The van der Waals surface area contributed by atoms with Gasteiger partial charge in [0.25, 0.3) is 0 Å². The van der Waals surface area contributed by atoms with Crippen LogP contribution in [-0.2, 0) is 19.4 Å².